The molecule has 0 spiro atoms. The van der Waals surface area contributed by atoms with E-state index >= 15 is 0 Å². The largest absolute Gasteiger partial charge is 0.465 e. The van der Waals surface area contributed by atoms with Crippen molar-refractivity contribution in [1.82, 2.24) is 0 Å². The number of ether oxygens (including phenoxy) is 2. The highest BCUT2D eigenvalue weighted by Gasteiger charge is 2.57. The van der Waals surface area contributed by atoms with E-state index < -0.39 is 29.2 Å². The topological polar surface area (TPSA) is 117 Å². The fourth-order valence-corrected chi connectivity index (χ4v) is 2.89. The van der Waals surface area contributed by atoms with E-state index in [1.165, 1.54) is 0 Å². The fourth-order valence-electron chi connectivity index (χ4n) is 2.89. The highest BCUT2D eigenvalue weighted by atomic mass is 16.6. The van der Waals surface area contributed by atoms with E-state index in [1.807, 2.05) is 0 Å². The Morgan fingerprint density at radius 2 is 1.70 bits per heavy atom. The maximum absolute atomic E-state index is 12.2. The van der Waals surface area contributed by atoms with Gasteiger partial charge in [0, 0.05) is 6.42 Å². The molecule has 0 aliphatic heterocycles. The summed E-state index contributed by atoms with van der Waals surface area (Å²) >= 11 is 0. The number of ketones is 1. The number of hydrogen-bond donors (Lipinski definition) is 0. The van der Waals surface area contributed by atoms with Crippen molar-refractivity contribution in [2.45, 2.75) is 39.5 Å². The monoisotopic (exact) mass is 320 g/mol. The SMILES string of the molecule is CCOC(=O)C(C(=O)OCC)C(C#N)(C#N)C1CCCCC1=O. The van der Waals surface area contributed by atoms with Gasteiger partial charge in [-0.3, -0.25) is 14.4 Å². The standard InChI is InChI=1S/C16H20N2O5/c1-3-22-14(20)13(15(21)23-4-2)16(9-17,10-18)11-7-5-6-8-12(11)19/h11,13H,3-8H2,1-2H3. The smallest absolute Gasteiger partial charge is 0.323 e. The summed E-state index contributed by atoms with van der Waals surface area (Å²) in [6, 6.07) is 3.52. The van der Waals surface area contributed by atoms with E-state index in [2.05, 4.69) is 0 Å². The van der Waals surface area contributed by atoms with Crippen molar-refractivity contribution in [2.75, 3.05) is 13.2 Å². The highest BCUT2D eigenvalue weighted by Crippen LogP contribution is 2.42. The molecular formula is C16H20N2O5. The van der Waals surface area contributed by atoms with Gasteiger partial charge in [-0.25, -0.2) is 0 Å². The molecule has 0 aromatic carbocycles. The molecular weight excluding hydrogens is 300 g/mol. The Labute approximate surface area is 135 Å². The van der Waals surface area contributed by atoms with Gasteiger partial charge in [0.25, 0.3) is 0 Å². The third-order valence-corrected chi connectivity index (χ3v) is 3.97. The van der Waals surface area contributed by atoms with Gasteiger partial charge in [0.1, 0.15) is 5.78 Å². The van der Waals surface area contributed by atoms with Crippen LogP contribution in [0.5, 0.6) is 0 Å². The van der Waals surface area contributed by atoms with Crippen molar-refractivity contribution in [3.8, 4) is 12.1 Å². The number of nitriles is 2. The van der Waals surface area contributed by atoms with Gasteiger partial charge in [-0.15, -0.1) is 0 Å². The van der Waals surface area contributed by atoms with Gasteiger partial charge < -0.3 is 9.47 Å². The average molecular weight is 320 g/mol. The second-order valence-corrected chi connectivity index (χ2v) is 5.29. The third kappa shape index (κ3) is 3.68. The van der Waals surface area contributed by atoms with Crippen molar-refractivity contribution in [3.63, 3.8) is 0 Å². The minimum atomic E-state index is -2.10. The first kappa shape index (κ1) is 18.6. The zero-order valence-electron chi connectivity index (χ0n) is 13.3. The first-order valence-electron chi connectivity index (χ1n) is 7.66. The van der Waals surface area contributed by atoms with Gasteiger partial charge in [-0.05, 0) is 26.7 Å². The van der Waals surface area contributed by atoms with Gasteiger partial charge in [-0.1, -0.05) is 6.42 Å². The van der Waals surface area contributed by atoms with Crippen LogP contribution >= 0.6 is 0 Å². The van der Waals surface area contributed by atoms with E-state index in [9.17, 15) is 24.9 Å². The summed E-state index contributed by atoms with van der Waals surface area (Å²) in [5.74, 6) is -5.03. The molecule has 0 amide bonds. The van der Waals surface area contributed by atoms with Gasteiger partial charge in [0.15, 0.2) is 11.3 Å². The summed E-state index contributed by atoms with van der Waals surface area (Å²) in [6.45, 7) is 3.07. The molecule has 0 bridgehead atoms. The van der Waals surface area contributed by atoms with Crippen LogP contribution in [0.1, 0.15) is 39.5 Å². The number of nitrogens with zero attached hydrogens (tertiary/aromatic N) is 2. The summed E-state index contributed by atoms with van der Waals surface area (Å²) in [5.41, 5.74) is -2.10. The lowest BCUT2D eigenvalue weighted by atomic mass is 9.63. The van der Waals surface area contributed by atoms with Crippen molar-refractivity contribution >= 4 is 17.7 Å². The van der Waals surface area contributed by atoms with E-state index in [-0.39, 0.29) is 31.8 Å². The lowest BCUT2D eigenvalue weighted by Gasteiger charge is -2.34. The van der Waals surface area contributed by atoms with Crippen LogP contribution in [0.2, 0.25) is 0 Å². The van der Waals surface area contributed by atoms with Crippen LogP contribution in [0.3, 0.4) is 0 Å². The number of carbonyl (C=O) groups is 3. The molecule has 7 nitrogen and oxygen atoms in total. The predicted octanol–water partition coefficient (Wildman–Crippen LogP) is 1.52. The lowest BCUT2D eigenvalue weighted by Crippen LogP contribution is -2.49. The van der Waals surface area contributed by atoms with Crippen molar-refractivity contribution in [2.24, 2.45) is 17.3 Å². The maximum atomic E-state index is 12.2. The van der Waals surface area contributed by atoms with Crippen LogP contribution in [0.25, 0.3) is 0 Å². The molecule has 1 fully saturated rings. The fraction of sp³-hybridized carbons (Fsp3) is 0.688. The molecule has 0 heterocycles. The van der Waals surface area contributed by atoms with Gasteiger partial charge >= 0.3 is 11.9 Å². The molecule has 0 aromatic heterocycles. The Hall–Kier alpha value is -2.41. The zero-order chi connectivity index (χ0) is 17.5. The Balaban J connectivity index is 3.37. The molecule has 1 saturated carbocycles. The van der Waals surface area contributed by atoms with Crippen LogP contribution < -0.4 is 0 Å². The number of Topliss-reactive ketones (excluding diaryl/α,β-unsaturated/α-hetero) is 1. The van der Waals surface area contributed by atoms with E-state index in [0.29, 0.717) is 12.8 Å². The number of rotatable bonds is 6. The molecule has 124 valence electrons. The summed E-state index contributed by atoms with van der Waals surface area (Å²) in [4.78, 5) is 36.7. The highest BCUT2D eigenvalue weighted by molar-refractivity contribution is 5.98. The molecule has 0 aromatic rings. The summed E-state index contributed by atoms with van der Waals surface area (Å²) in [6.07, 6.45) is 1.84. The predicted molar refractivity (Wildman–Crippen MR) is 77.4 cm³/mol. The van der Waals surface area contributed by atoms with Crippen LogP contribution in [-0.2, 0) is 23.9 Å². The Bertz CT molecular complexity index is 526. The quantitative estimate of drug-likeness (QED) is 0.538. The normalized spacial score (nSPS) is 18.0. The van der Waals surface area contributed by atoms with Gasteiger partial charge in [0.05, 0.1) is 31.3 Å². The first-order chi connectivity index (χ1) is 11.0. The Morgan fingerprint density at radius 3 is 2.09 bits per heavy atom. The number of esters is 2. The van der Waals surface area contributed by atoms with E-state index in [0.717, 1.165) is 0 Å². The molecule has 1 aliphatic rings. The summed E-state index contributed by atoms with van der Waals surface area (Å²) in [7, 11) is 0. The van der Waals surface area contributed by atoms with Crippen molar-refractivity contribution < 1.29 is 23.9 Å². The summed E-state index contributed by atoms with van der Waals surface area (Å²) < 4.78 is 9.71. The Kier molecular flexibility index (Phi) is 6.71. The van der Waals surface area contributed by atoms with Gasteiger partial charge in [-0.2, -0.15) is 10.5 Å². The van der Waals surface area contributed by atoms with E-state index in [1.54, 1.807) is 26.0 Å². The number of hydrogen-bond acceptors (Lipinski definition) is 7. The summed E-state index contributed by atoms with van der Waals surface area (Å²) in [5, 5.41) is 19.2. The van der Waals surface area contributed by atoms with Crippen molar-refractivity contribution in [1.29, 1.82) is 10.5 Å². The molecule has 1 rings (SSSR count). The third-order valence-electron chi connectivity index (χ3n) is 3.97. The minimum Gasteiger partial charge on any atom is -0.465 e. The second-order valence-electron chi connectivity index (χ2n) is 5.29. The number of carbonyl (C=O) groups excluding carboxylic acids is 3. The van der Waals surface area contributed by atoms with Crippen LogP contribution in [0, 0.1) is 39.9 Å². The van der Waals surface area contributed by atoms with Crippen LogP contribution in [-0.4, -0.2) is 30.9 Å². The van der Waals surface area contributed by atoms with Crippen LogP contribution in [0.15, 0.2) is 0 Å². The molecule has 0 radical (unpaired) electrons. The molecule has 1 atom stereocenters. The zero-order valence-corrected chi connectivity index (χ0v) is 13.3. The molecule has 23 heavy (non-hydrogen) atoms. The minimum absolute atomic E-state index is 0.0136. The molecule has 1 unspecified atom stereocenters. The molecule has 0 saturated heterocycles. The average Bonchev–Trinajstić information content (AvgIpc) is 2.53. The first-order valence-corrected chi connectivity index (χ1v) is 7.66. The van der Waals surface area contributed by atoms with Gasteiger partial charge in [0.2, 0.25) is 0 Å². The molecule has 7 heteroatoms. The molecule has 1 aliphatic carbocycles. The van der Waals surface area contributed by atoms with Crippen LogP contribution in [0.4, 0.5) is 0 Å². The second kappa shape index (κ2) is 8.28. The Morgan fingerprint density at radius 1 is 1.17 bits per heavy atom. The maximum Gasteiger partial charge on any atom is 0.323 e. The molecule has 0 N–H and O–H groups in total. The lowest BCUT2D eigenvalue weighted by molar-refractivity contribution is -0.167. The van der Waals surface area contributed by atoms with Crippen molar-refractivity contribution in [3.05, 3.63) is 0 Å². The van der Waals surface area contributed by atoms with E-state index in [4.69, 9.17) is 9.47 Å².